The molecule has 0 aliphatic rings. The molecule has 3 aromatic rings. The van der Waals surface area contributed by atoms with Crippen LogP contribution >= 0.6 is 0 Å². The van der Waals surface area contributed by atoms with E-state index in [2.05, 4.69) is 22.8 Å². The third kappa shape index (κ3) is 6.11. The van der Waals surface area contributed by atoms with Crippen molar-refractivity contribution in [1.29, 1.82) is 0 Å². The summed E-state index contributed by atoms with van der Waals surface area (Å²) in [7, 11) is 3.06. The molecule has 3 aromatic carbocycles. The predicted molar refractivity (Wildman–Crippen MR) is 126 cm³/mol. The van der Waals surface area contributed by atoms with Gasteiger partial charge >= 0.3 is 0 Å². The highest BCUT2D eigenvalue weighted by atomic mass is 16.5. The van der Waals surface area contributed by atoms with Crippen LogP contribution in [0.1, 0.15) is 39.6 Å². The Kier molecular flexibility index (Phi) is 7.86. The second-order valence-corrected chi connectivity index (χ2v) is 7.50. The van der Waals surface area contributed by atoms with E-state index in [-0.39, 0.29) is 17.9 Å². The van der Waals surface area contributed by atoms with Crippen molar-refractivity contribution in [3.63, 3.8) is 0 Å². The third-order valence-electron chi connectivity index (χ3n) is 5.14. The van der Waals surface area contributed by atoms with Gasteiger partial charge in [0, 0.05) is 22.9 Å². The van der Waals surface area contributed by atoms with E-state index in [4.69, 9.17) is 9.47 Å². The molecular weight excluding hydrogens is 404 g/mol. The minimum Gasteiger partial charge on any atom is -0.493 e. The average molecular weight is 433 g/mol. The van der Waals surface area contributed by atoms with Gasteiger partial charge < -0.3 is 20.1 Å². The van der Waals surface area contributed by atoms with Gasteiger partial charge in [0.25, 0.3) is 11.8 Å². The van der Waals surface area contributed by atoms with Crippen LogP contribution in [-0.2, 0) is 6.42 Å². The molecule has 0 fully saturated rings. The lowest BCUT2D eigenvalue weighted by atomic mass is 10.1. The molecule has 0 radical (unpaired) electrons. The van der Waals surface area contributed by atoms with Crippen molar-refractivity contribution < 1.29 is 19.1 Å². The van der Waals surface area contributed by atoms with Gasteiger partial charge in [0.15, 0.2) is 11.5 Å². The number of amides is 2. The molecule has 0 heterocycles. The van der Waals surface area contributed by atoms with Crippen LogP contribution in [0.2, 0.25) is 0 Å². The minimum absolute atomic E-state index is 0.0483. The van der Waals surface area contributed by atoms with Crippen molar-refractivity contribution in [1.82, 2.24) is 5.32 Å². The van der Waals surface area contributed by atoms with Crippen LogP contribution in [0, 0.1) is 0 Å². The van der Waals surface area contributed by atoms with Gasteiger partial charge in [0.1, 0.15) is 0 Å². The van der Waals surface area contributed by atoms with Crippen molar-refractivity contribution in [3.8, 4) is 11.5 Å². The summed E-state index contributed by atoms with van der Waals surface area (Å²) in [4.78, 5) is 25.1. The Labute approximate surface area is 188 Å². The van der Waals surface area contributed by atoms with Crippen molar-refractivity contribution >= 4 is 17.5 Å². The predicted octanol–water partition coefficient (Wildman–Crippen LogP) is 4.71. The molecular formula is C26H28N2O4. The summed E-state index contributed by atoms with van der Waals surface area (Å²) in [5, 5.41) is 5.85. The van der Waals surface area contributed by atoms with E-state index in [1.165, 1.54) is 12.7 Å². The summed E-state index contributed by atoms with van der Waals surface area (Å²) >= 11 is 0. The van der Waals surface area contributed by atoms with E-state index in [0.717, 1.165) is 12.8 Å². The molecule has 0 saturated carbocycles. The number of anilines is 1. The first kappa shape index (κ1) is 22.9. The quantitative estimate of drug-likeness (QED) is 0.514. The number of carbonyl (C=O) groups is 2. The maximum absolute atomic E-state index is 12.5. The van der Waals surface area contributed by atoms with Gasteiger partial charge in [-0.2, -0.15) is 0 Å². The summed E-state index contributed by atoms with van der Waals surface area (Å²) in [6.07, 6.45) is 1.76. The van der Waals surface area contributed by atoms with Crippen LogP contribution in [0.5, 0.6) is 11.5 Å². The molecule has 6 nitrogen and oxygen atoms in total. The SMILES string of the molecule is COc1ccc(C(=O)Nc2ccc(C(=O)NC(C)CCc3ccccc3)cc2)cc1OC. The second-order valence-electron chi connectivity index (χ2n) is 7.50. The van der Waals surface area contributed by atoms with Gasteiger partial charge in [-0.05, 0) is 67.8 Å². The Balaban J connectivity index is 1.55. The Hall–Kier alpha value is -3.80. The largest absolute Gasteiger partial charge is 0.493 e. The van der Waals surface area contributed by atoms with Gasteiger partial charge in [-0.3, -0.25) is 9.59 Å². The van der Waals surface area contributed by atoms with Gasteiger partial charge in [0.05, 0.1) is 14.2 Å². The topological polar surface area (TPSA) is 76.7 Å². The summed E-state index contributed by atoms with van der Waals surface area (Å²) in [5.41, 5.74) is 2.83. The lowest BCUT2D eigenvalue weighted by molar-refractivity contribution is 0.0938. The smallest absolute Gasteiger partial charge is 0.255 e. The third-order valence-corrected chi connectivity index (χ3v) is 5.14. The van der Waals surface area contributed by atoms with Crippen LogP contribution in [-0.4, -0.2) is 32.1 Å². The fourth-order valence-electron chi connectivity index (χ4n) is 3.29. The molecule has 3 rings (SSSR count). The number of rotatable bonds is 9. The molecule has 0 aliphatic heterocycles. The fraction of sp³-hybridized carbons (Fsp3) is 0.231. The summed E-state index contributed by atoms with van der Waals surface area (Å²) in [5.74, 6) is 0.618. The van der Waals surface area contributed by atoms with Gasteiger partial charge in [0.2, 0.25) is 0 Å². The first-order valence-electron chi connectivity index (χ1n) is 10.5. The van der Waals surface area contributed by atoms with Gasteiger partial charge in [-0.25, -0.2) is 0 Å². The number of hydrogen-bond acceptors (Lipinski definition) is 4. The molecule has 2 N–H and O–H groups in total. The zero-order chi connectivity index (χ0) is 22.9. The number of ether oxygens (including phenoxy) is 2. The van der Waals surface area contributed by atoms with Crippen LogP contribution in [0.3, 0.4) is 0 Å². The van der Waals surface area contributed by atoms with Crippen molar-refractivity contribution in [2.24, 2.45) is 0 Å². The molecule has 0 bridgehead atoms. The molecule has 166 valence electrons. The number of methoxy groups -OCH3 is 2. The molecule has 0 aromatic heterocycles. The molecule has 6 heteroatoms. The maximum atomic E-state index is 12.5. The van der Waals surface area contributed by atoms with E-state index in [9.17, 15) is 9.59 Å². The van der Waals surface area contributed by atoms with Gasteiger partial charge in [-0.1, -0.05) is 30.3 Å². The van der Waals surface area contributed by atoms with Crippen LogP contribution in [0.4, 0.5) is 5.69 Å². The maximum Gasteiger partial charge on any atom is 0.255 e. The van der Waals surface area contributed by atoms with E-state index < -0.39 is 0 Å². The van der Waals surface area contributed by atoms with E-state index >= 15 is 0 Å². The molecule has 2 amide bonds. The highest BCUT2D eigenvalue weighted by Gasteiger charge is 2.13. The highest BCUT2D eigenvalue weighted by molar-refractivity contribution is 6.05. The standard InChI is InChI=1S/C26H28N2O4/c1-18(9-10-19-7-5-4-6-8-19)27-25(29)20-11-14-22(15-12-20)28-26(30)21-13-16-23(31-2)24(17-21)32-3/h4-8,11-18H,9-10H2,1-3H3,(H,27,29)(H,28,30). The first-order valence-corrected chi connectivity index (χ1v) is 10.5. The monoisotopic (exact) mass is 432 g/mol. The van der Waals surface area contributed by atoms with Gasteiger partial charge in [-0.15, -0.1) is 0 Å². The summed E-state index contributed by atoms with van der Waals surface area (Å²) in [6.45, 7) is 2.00. The van der Waals surface area contributed by atoms with Crippen molar-refractivity contribution in [2.75, 3.05) is 19.5 Å². The number of benzene rings is 3. The van der Waals surface area contributed by atoms with Crippen molar-refractivity contribution in [3.05, 3.63) is 89.5 Å². The van der Waals surface area contributed by atoms with Crippen LogP contribution in [0.25, 0.3) is 0 Å². The van der Waals surface area contributed by atoms with E-state index in [1.54, 1.807) is 49.6 Å². The van der Waals surface area contributed by atoms with Crippen LogP contribution in [0.15, 0.2) is 72.8 Å². The summed E-state index contributed by atoms with van der Waals surface area (Å²) < 4.78 is 10.4. The summed E-state index contributed by atoms with van der Waals surface area (Å²) in [6, 6.07) is 22.0. The first-order chi connectivity index (χ1) is 15.5. The number of carbonyl (C=O) groups excluding carboxylic acids is 2. The fourth-order valence-corrected chi connectivity index (χ4v) is 3.29. The van der Waals surface area contributed by atoms with E-state index in [0.29, 0.717) is 28.3 Å². The molecule has 1 atom stereocenters. The normalized spacial score (nSPS) is 11.3. The molecule has 0 spiro atoms. The number of aryl methyl sites for hydroxylation is 1. The lowest BCUT2D eigenvalue weighted by Crippen LogP contribution is -2.32. The zero-order valence-electron chi connectivity index (χ0n) is 18.6. The Morgan fingerprint density at radius 3 is 2.12 bits per heavy atom. The highest BCUT2D eigenvalue weighted by Crippen LogP contribution is 2.27. The Morgan fingerprint density at radius 2 is 1.47 bits per heavy atom. The molecule has 32 heavy (non-hydrogen) atoms. The number of nitrogens with one attached hydrogen (secondary N) is 2. The second kappa shape index (κ2) is 11.0. The Bertz CT molecular complexity index is 1050. The number of hydrogen-bond donors (Lipinski definition) is 2. The molecule has 0 saturated heterocycles. The minimum atomic E-state index is -0.280. The lowest BCUT2D eigenvalue weighted by Gasteiger charge is -2.14. The average Bonchev–Trinajstić information content (AvgIpc) is 2.83. The Morgan fingerprint density at radius 1 is 0.812 bits per heavy atom. The van der Waals surface area contributed by atoms with Crippen LogP contribution < -0.4 is 20.1 Å². The zero-order valence-corrected chi connectivity index (χ0v) is 18.6. The van der Waals surface area contributed by atoms with E-state index in [1.807, 2.05) is 25.1 Å². The molecule has 1 unspecified atom stereocenters. The van der Waals surface area contributed by atoms with Crippen molar-refractivity contribution in [2.45, 2.75) is 25.8 Å². The molecule has 0 aliphatic carbocycles.